The third-order valence-electron chi connectivity index (χ3n) is 3.83. The third kappa shape index (κ3) is 4.06. The summed E-state index contributed by atoms with van der Waals surface area (Å²) in [4.78, 5) is 28.4. The van der Waals surface area contributed by atoms with E-state index in [0.29, 0.717) is 60.7 Å². The molecule has 128 valence electrons. The second-order valence-electron chi connectivity index (χ2n) is 5.45. The molecule has 1 aromatic heterocycles. The van der Waals surface area contributed by atoms with E-state index in [1.165, 1.54) is 11.8 Å². The van der Waals surface area contributed by atoms with Gasteiger partial charge in [0, 0.05) is 32.1 Å². The normalized spacial score (nSPS) is 20.2. The van der Waals surface area contributed by atoms with E-state index in [9.17, 15) is 9.59 Å². The van der Waals surface area contributed by atoms with Crippen LogP contribution in [0.2, 0.25) is 0 Å². The van der Waals surface area contributed by atoms with Crippen LogP contribution >= 0.6 is 24.0 Å². The lowest BCUT2D eigenvalue weighted by Crippen LogP contribution is -2.41. The number of carbonyl (C=O) groups excluding carboxylic acids is 2. The molecule has 2 saturated heterocycles. The molecule has 0 bridgehead atoms. The lowest BCUT2D eigenvalue weighted by atomic mass is 10.2. The van der Waals surface area contributed by atoms with Crippen molar-refractivity contribution < 1.29 is 18.7 Å². The molecular formula is C16H18N2O4S2. The van der Waals surface area contributed by atoms with Gasteiger partial charge in [0.15, 0.2) is 0 Å². The van der Waals surface area contributed by atoms with Crippen molar-refractivity contribution >= 4 is 46.2 Å². The number of amides is 2. The van der Waals surface area contributed by atoms with E-state index >= 15 is 0 Å². The molecule has 0 unspecified atom stereocenters. The summed E-state index contributed by atoms with van der Waals surface area (Å²) in [5, 5.41) is 0. The van der Waals surface area contributed by atoms with E-state index < -0.39 is 0 Å². The summed E-state index contributed by atoms with van der Waals surface area (Å²) in [6.45, 7) is 2.93. The molecule has 3 rings (SSSR count). The Morgan fingerprint density at radius 2 is 2.17 bits per heavy atom. The first kappa shape index (κ1) is 17.2. The standard InChI is InChI=1S/C16H18N2O4S2/c19-14(17-6-9-21-10-7-17)4-1-5-18-15(20)13(24-16(18)23)11-12-3-2-8-22-12/h2-3,8,11H,1,4-7,9-10H2. The predicted octanol–water partition coefficient (Wildman–Crippen LogP) is 2.12. The highest BCUT2D eigenvalue weighted by molar-refractivity contribution is 8.26. The summed E-state index contributed by atoms with van der Waals surface area (Å²) < 4.78 is 11.0. The largest absolute Gasteiger partial charge is 0.465 e. The lowest BCUT2D eigenvalue weighted by molar-refractivity contribution is -0.135. The molecule has 2 aliphatic heterocycles. The molecule has 0 N–H and O–H groups in total. The van der Waals surface area contributed by atoms with Gasteiger partial charge >= 0.3 is 0 Å². The average molecular weight is 366 g/mol. The maximum Gasteiger partial charge on any atom is 0.266 e. The quantitative estimate of drug-likeness (QED) is 0.588. The van der Waals surface area contributed by atoms with Crippen molar-refractivity contribution in [2.24, 2.45) is 0 Å². The average Bonchev–Trinajstić information content (AvgIpc) is 3.19. The Balaban J connectivity index is 1.51. The van der Waals surface area contributed by atoms with Gasteiger partial charge in [0.05, 0.1) is 24.4 Å². The smallest absolute Gasteiger partial charge is 0.266 e. The highest BCUT2D eigenvalue weighted by atomic mass is 32.2. The number of nitrogens with zero attached hydrogens (tertiary/aromatic N) is 2. The molecule has 1 aromatic rings. The molecule has 0 spiro atoms. The lowest BCUT2D eigenvalue weighted by Gasteiger charge is -2.27. The highest BCUT2D eigenvalue weighted by Gasteiger charge is 2.32. The molecule has 0 radical (unpaired) electrons. The van der Waals surface area contributed by atoms with E-state index in [0.717, 1.165) is 0 Å². The zero-order valence-electron chi connectivity index (χ0n) is 13.1. The maximum absolute atomic E-state index is 12.4. The van der Waals surface area contributed by atoms with Crippen LogP contribution in [0.15, 0.2) is 27.7 Å². The maximum atomic E-state index is 12.4. The molecule has 0 saturated carbocycles. The predicted molar refractivity (Wildman–Crippen MR) is 95.2 cm³/mol. The van der Waals surface area contributed by atoms with Crippen molar-refractivity contribution in [1.29, 1.82) is 0 Å². The third-order valence-corrected chi connectivity index (χ3v) is 5.20. The Bertz CT molecular complexity index is 651. The first-order chi connectivity index (χ1) is 11.6. The fourth-order valence-corrected chi connectivity index (χ4v) is 3.84. The summed E-state index contributed by atoms with van der Waals surface area (Å²) in [6.07, 6.45) is 4.26. The van der Waals surface area contributed by atoms with Crippen LogP contribution in [0.4, 0.5) is 0 Å². The number of rotatable bonds is 5. The Morgan fingerprint density at radius 3 is 2.88 bits per heavy atom. The van der Waals surface area contributed by atoms with Crippen molar-refractivity contribution in [3.8, 4) is 0 Å². The van der Waals surface area contributed by atoms with Crippen LogP contribution in [0.5, 0.6) is 0 Å². The number of hydrogen-bond donors (Lipinski definition) is 0. The summed E-state index contributed by atoms with van der Waals surface area (Å²) >= 11 is 6.54. The van der Waals surface area contributed by atoms with Crippen LogP contribution in [0.3, 0.4) is 0 Å². The summed E-state index contributed by atoms with van der Waals surface area (Å²) in [5.74, 6) is 0.605. The van der Waals surface area contributed by atoms with Crippen molar-refractivity contribution in [3.05, 3.63) is 29.1 Å². The monoisotopic (exact) mass is 366 g/mol. The SMILES string of the molecule is O=C(CCCN1C(=O)C(=Cc2ccco2)SC1=S)N1CCOCC1. The van der Waals surface area contributed by atoms with Crippen LogP contribution in [-0.4, -0.2) is 58.8 Å². The molecule has 3 heterocycles. The summed E-state index contributed by atoms with van der Waals surface area (Å²) in [7, 11) is 0. The minimum atomic E-state index is -0.125. The van der Waals surface area contributed by atoms with Gasteiger partial charge in [0.25, 0.3) is 5.91 Å². The van der Waals surface area contributed by atoms with Crippen LogP contribution in [-0.2, 0) is 14.3 Å². The van der Waals surface area contributed by atoms with E-state index in [2.05, 4.69) is 0 Å². The number of furan rings is 1. The van der Waals surface area contributed by atoms with Crippen molar-refractivity contribution in [1.82, 2.24) is 9.80 Å². The highest BCUT2D eigenvalue weighted by Crippen LogP contribution is 2.32. The molecule has 6 nitrogen and oxygen atoms in total. The molecule has 2 fully saturated rings. The molecule has 24 heavy (non-hydrogen) atoms. The molecule has 0 aliphatic carbocycles. The van der Waals surface area contributed by atoms with E-state index in [4.69, 9.17) is 21.4 Å². The van der Waals surface area contributed by atoms with Gasteiger partial charge in [0.2, 0.25) is 5.91 Å². The number of thioether (sulfide) groups is 1. The van der Waals surface area contributed by atoms with Gasteiger partial charge in [-0.15, -0.1) is 0 Å². The van der Waals surface area contributed by atoms with Crippen molar-refractivity contribution in [2.45, 2.75) is 12.8 Å². The second kappa shape index (κ2) is 7.96. The van der Waals surface area contributed by atoms with Gasteiger partial charge in [-0.2, -0.15) is 0 Å². The Kier molecular flexibility index (Phi) is 5.70. The van der Waals surface area contributed by atoms with Crippen LogP contribution in [0.1, 0.15) is 18.6 Å². The minimum Gasteiger partial charge on any atom is -0.465 e. The van der Waals surface area contributed by atoms with Gasteiger partial charge in [-0.05, 0) is 18.6 Å². The number of morpholine rings is 1. The number of hydrogen-bond acceptors (Lipinski definition) is 6. The van der Waals surface area contributed by atoms with Crippen LogP contribution in [0, 0.1) is 0 Å². The first-order valence-corrected chi connectivity index (χ1v) is 9.02. The first-order valence-electron chi connectivity index (χ1n) is 7.79. The molecule has 2 aliphatic rings. The van der Waals surface area contributed by atoms with Gasteiger partial charge in [0.1, 0.15) is 10.1 Å². The van der Waals surface area contributed by atoms with Gasteiger partial charge in [-0.25, -0.2) is 0 Å². The zero-order valence-corrected chi connectivity index (χ0v) is 14.7. The van der Waals surface area contributed by atoms with Crippen molar-refractivity contribution in [2.75, 3.05) is 32.8 Å². The molecule has 2 amide bonds. The zero-order chi connectivity index (χ0) is 16.9. The molecular weight excluding hydrogens is 348 g/mol. The topological polar surface area (TPSA) is 63.0 Å². The van der Waals surface area contributed by atoms with Crippen LogP contribution in [0.25, 0.3) is 6.08 Å². The Morgan fingerprint density at radius 1 is 1.38 bits per heavy atom. The Labute approximate surface area is 149 Å². The van der Waals surface area contributed by atoms with Gasteiger partial charge in [-0.3, -0.25) is 14.5 Å². The molecule has 0 atom stereocenters. The number of thiocarbonyl (C=S) groups is 1. The van der Waals surface area contributed by atoms with Crippen LogP contribution < -0.4 is 0 Å². The minimum absolute atomic E-state index is 0.106. The Hall–Kier alpha value is -1.64. The summed E-state index contributed by atoms with van der Waals surface area (Å²) in [5.41, 5.74) is 0. The summed E-state index contributed by atoms with van der Waals surface area (Å²) in [6, 6.07) is 3.55. The van der Waals surface area contributed by atoms with E-state index in [1.807, 2.05) is 4.90 Å². The fourth-order valence-electron chi connectivity index (χ4n) is 2.55. The number of carbonyl (C=O) groups is 2. The van der Waals surface area contributed by atoms with Gasteiger partial charge in [-0.1, -0.05) is 24.0 Å². The van der Waals surface area contributed by atoms with Crippen molar-refractivity contribution in [3.63, 3.8) is 0 Å². The van der Waals surface area contributed by atoms with E-state index in [-0.39, 0.29) is 11.8 Å². The second-order valence-corrected chi connectivity index (χ2v) is 7.12. The fraction of sp³-hybridized carbons (Fsp3) is 0.438. The van der Waals surface area contributed by atoms with Gasteiger partial charge < -0.3 is 14.1 Å². The van der Waals surface area contributed by atoms with E-state index in [1.54, 1.807) is 29.4 Å². The molecule has 8 heteroatoms. The molecule has 0 aromatic carbocycles. The number of ether oxygens (including phenoxy) is 1.